The Bertz CT molecular complexity index is 232. The summed E-state index contributed by atoms with van der Waals surface area (Å²) in [5, 5.41) is 0. The van der Waals surface area contributed by atoms with Gasteiger partial charge in [-0.1, -0.05) is 33.1 Å². The SMILES string of the molecule is COCC(CCC(C)C)C(=O)OCC1CCCC1. The van der Waals surface area contributed by atoms with Crippen LogP contribution < -0.4 is 0 Å². The smallest absolute Gasteiger partial charge is 0.311 e. The van der Waals surface area contributed by atoms with Crippen LogP contribution in [0.2, 0.25) is 0 Å². The number of rotatable bonds is 8. The molecule has 0 aromatic heterocycles. The van der Waals surface area contributed by atoms with Gasteiger partial charge in [-0.05, 0) is 31.1 Å². The number of hydrogen-bond acceptors (Lipinski definition) is 3. The summed E-state index contributed by atoms with van der Waals surface area (Å²) in [6.07, 6.45) is 6.93. The first-order chi connectivity index (χ1) is 8.63. The van der Waals surface area contributed by atoms with E-state index in [0.29, 0.717) is 25.0 Å². The zero-order valence-electron chi connectivity index (χ0n) is 12.1. The molecule has 0 heterocycles. The van der Waals surface area contributed by atoms with Crippen molar-refractivity contribution in [1.29, 1.82) is 0 Å². The molecule has 0 N–H and O–H groups in total. The van der Waals surface area contributed by atoms with Crippen molar-refractivity contribution in [2.75, 3.05) is 20.3 Å². The number of hydrogen-bond donors (Lipinski definition) is 0. The highest BCUT2D eigenvalue weighted by Gasteiger charge is 2.23. The van der Waals surface area contributed by atoms with Crippen LogP contribution in [0.4, 0.5) is 0 Å². The Morgan fingerprint density at radius 2 is 1.89 bits per heavy atom. The first-order valence-corrected chi connectivity index (χ1v) is 7.29. The van der Waals surface area contributed by atoms with E-state index in [4.69, 9.17) is 9.47 Å². The molecule has 1 unspecified atom stereocenters. The first-order valence-electron chi connectivity index (χ1n) is 7.29. The van der Waals surface area contributed by atoms with Crippen molar-refractivity contribution >= 4 is 5.97 Å². The molecular weight excluding hydrogens is 228 g/mol. The lowest BCUT2D eigenvalue weighted by Gasteiger charge is -2.17. The monoisotopic (exact) mass is 256 g/mol. The van der Waals surface area contributed by atoms with Crippen LogP contribution in [0.5, 0.6) is 0 Å². The Kier molecular flexibility index (Phi) is 7.33. The van der Waals surface area contributed by atoms with Crippen LogP contribution in [-0.2, 0) is 14.3 Å². The Hall–Kier alpha value is -0.570. The van der Waals surface area contributed by atoms with Crippen molar-refractivity contribution in [1.82, 2.24) is 0 Å². The van der Waals surface area contributed by atoms with Gasteiger partial charge in [-0.15, -0.1) is 0 Å². The lowest BCUT2D eigenvalue weighted by molar-refractivity contribution is -0.152. The van der Waals surface area contributed by atoms with Gasteiger partial charge in [-0.3, -0.25) is 4.79 Å². The zero-order chi connectivity index (χ0) is 13.4. The quantitative estimate of drug-likeness (QED) is 0.624. The van der Waals surface area contributed by atoms with E-state index >= 15 is 0 Å². The normalized spacial score (nSPS) is 18.2. The van der Waals surface area contributed by atoms with Gasteiger partial charge >= 0.3 is 5.97 Å². The molecule has 1 atom stereocenters. The molecule has 0 spiro atoms. The maximum atomic E-state index is 12.0. The van der Waals surface area contributed by atoms with E-state index < -0.39 is 0 Å². The zero-order valence-corrected chi connectivity index (χ0v) is 12.1. The summed E-state index contributed by atoms with van der Waals surface area (Å²) in [5.74, 6) is 1.07. The molecule has 106 valence electrons. The van der Waals surface area contributed by atoms with Crippen LogP contribution in [0.1, 0.15) is 52.4 Å². The van der Waals surface area contributed by atoms with Crippen LogP contribution in [0, 0.1) is 17.8 Å². The summed E-state index contributed by atoms with van der Waals surface area (Å²) in [6.45, 7) is 5.44. The van der Waals surface area contributed by atoms with Gasteiger partial charge in [-0.2, -0.15) is 0 Å². The van der Waals surface area contributed by atoms with Crippen LogP contribution in [0.15, 0.2) is 0 Å². The van der Waals surface area contributed by atoms with Crippen LogP contribution in [0.3, 0.4) is 0 Å². The van der Waals surface area contributed by atoms with Crippen LogP contribution in [0.25, 0.3) is 0 Å². The highest BCUT2D eigenvalue weighted by molar-refractivity contribution is 5.72. The third-order valence-corrected chi connectivity index (χ3v) is 3.73. The fourth-order valence-corrected chi connectivity index (χ4v) is 2.50. The molecular formula is C15H28O3. The van der Waals surface area contributed by atoms with Crippen LogP contribution in [-0.4, -0.2) is 26.3 Å². The van der Waals surface area contributed by atoms with Gasteiger partial charge < -0.3 is 9.47 Å². The molecule has 1 aliphatic rings. The maximum Gasteiger partial charge on any atom is 0.311 e. The molecule has 0 aromatic rings. The van der Waals surface area contributed by atoms with Crippen molar-refractivity contribution in [3.8, 4) is 0 Å². The Labute approximate surface area is 111 Å². The highest BCUT2D eigenvalue weighted by Crippen LogP contribution is 2.25. The summed E-state index contributed by atoms with van der Waals surface area (Å²) < 4.78 is 10.6. The van der Waals surface area contributed by atoms with E-state index in [0.717, 1.165) is 12.8 Å². The van der Waals surface area contributed by atoms with E-state index in [1.165, 1.54) is 25.7 Å². The third kappa shape index (κ3) is 5.85. The standard InChI is InChI=1S/C15H28O3/c1-12(2)8-9-14(11-17-3)15(16)18-10-13-6-4-5-7-13/h12-14H,4-11H2,1-3H3. The third-order valence-electron chi connectivity index (χ3n) is 3.73. The Balaban J connectivity index is 2.28. The number of methoxy groups -OCH3 is 1. The van der Waals surface area contributed by atoms with E-state index in [9.17, 15) is 4.79 Å². The van der Waals surface area contributed by atoms with Crippen molar-refractivity contribution < 1.29 is 14.3 Å². The van der Waals surface area contributed by atoms with Gasteiger partial charge in [0, 0.05) is 7.11 Å². The van der Waals surface area contributed by atoms with E-state index in [2.05, 4.69) is 13.8 Å². The molecule has 1 aliphatic carbocycles. The van der Waals surface area contributed by atoms with Gasteiger partial charge in [0.25, 0.3) is 0 Å². The second kappa shape index (κ2) is 8.52. The molecule has 0 aliphatic heterocycles. The minimum Gasteiger partial charge on any atom is -0.465 e. The molecule has 3 heteroatoms. The predicted molar refractivity (Wildman–Crippen MR) is 72.4 cm³/mol. The summed E-state index contributed by atoms with van der Waals surface area (Å²) in [4.78, 5) is 12.0. The molecule has 0 amide bonds. The molecule has 0 aromatic carbocycles. The second-order valence-electron chi connectivity index (χ2n) is 5.90. The first kappa shape index (κ1) is 15.5. The Morgan fingerprint density at radius 3 is 2.44 bits per heavy atom. The predicted octanol–water partition coefficient (Wildman–Crippen LogP) is 3.42. The summed E-state index contributed by atoms with van der Waals surface area (Å²) in [5.41, 5.74) is 0. The molecule has 3 nitrogen and oxygen atoms in total. The topological polar surface area (TPSA) is 35.5 Å². The van der Waals surface area contributed by atoms with Crippen LogP contribution >= 0.6 is 0 Å². The van der Waals surface area contributed by atoms with E-state index in [1.54, 1.807) is 7.11 Å². The fourth-order valence-electron chi connectivity index (χ4n) is 2.50. The van der Waals surface area contributed by atoms with E-state index in [-0.39, 0.29) is 11.9 Å². The lowest BCUT2D eigenvalue weighted by atomic mass is 9.98. The molecule has 0 bridgehead atoms. The Morgan fingerprint density at radius 1 is 1.22 bits per heavy atom. The number of ether oxygens (including phenoxy) is 2. The molecule has 0 radical (unpaired) electrons. The average molecular weight is 256 g/mol. The van der Waals surface area contributed by atoms with Crippen molar-refractivity contribution in [3.05, 3.63) is 0 Å². The highest BCUT2D eigenvalue weighted by atomic mass is 16.5. The summed E-state index contributed by atoms with van der Waals surface area (Å²) in [6, 6.07) is 0. The second-order valence-corrected chi connectivity index (χ2v) is 5.90. The van der Waals surface area contributed by atoms with Crippen molar-refractivity contribution in [2.24, 2.45) is 17.8 Å². The number of carbonyl (C=O) groups excluding carboxylic acids is 1. The maximum absolute atomic E-state index is 12.0. The van der Waals surface area contributed by atoms with Gasteiger partial charge in [0.05, 0.1) is 19.1 Å². The lowest BCUT2D eigenvalue weighted by Crippen LogP contribution is -2.24. The molecule has 1 rings (SSSR count). The minimum absolute atomic E-state index is 0.0654. The van der Waals surface area contributed by atoms with Crippen molar-refractivity contribution in [2.45, 2.75) is 52.4 Å². The molecule has 18 heavy (non-hydrogen) atoms. The number of carbonyl (C=O) groups is 1. The fraction of sp³-hybridized carbons (Fsp3) is 0.933. The number of esters is 1. The average Bonchev–Trinajstić information content (AvgIpc) is 2.84. The van der Waals surface area contributed by atoms with Gasteiger partial charge in [0.2, 0.25) is 0 Å². The summed E-state index contributed by atoms with van der Waals surface area (Å²) >= 11 is 0. The van der Waals surface area contributed by atoms with Gasteiger partial charge in [0.15, 0.2) is 0 Å². The van der Waals surface area contributed by atoms with Gasteiger partial charge in [0.1, 0.15) is 0 Å². The van der Waals surface area contributed by atoms with E-state index in [1.807, 2.05) is 0 Å². The van der Waals surface area contributed by atoms with Crippen molar-refractivity contribution in [3.63, 3.8) is 0 Å². The molecule has 0 saturated heterocycles. The minimum atomic E-state index is -0.0844. The summed E-state index contributed by atoms with van der Waals surface area (Å²) in [7, 11) is 1.65. The van der Waals surface area contributed by atoms with Gasteiger partial charge in [-0.25, -0.2) is 0 Å². The molecule has 1 saturated carbocycles. The molecule has 1 fully saturated rings. The largest absolute Gasteiger partial charge is 0.465 e.